The molecule has 2 nitrogen and oxygen atoms in total. The third-order valence-electron chi connectivity index (χ3n) is 2.37. The number of thiophene rings is 1. The molecule has 0 aliphatic carbocycles. The molecule has 2 aromatic heterocycles. The second-order valence-electron chi connectivity index (χ2n) is 3.47. The summed E-state index contributed by atoms with van der Waals surface area (Å²) < 4.78 is 2.99. The van der Waals surface area contributed by atoms with Crippen LogP contribution >= 0.6 is 27.3 Å². The van der Waals surface area contributed by atoms with Gasteiger partial charge in [0.05, 0.1) is 16.4 Å². The fourth-order valence-electron chi connectivity index (χ4n) is 1.69. The van der Waals surface area contributed by atoms with E-state index < -0.39 is 0 Å². The summed E-state index contributed by atoms with van der Waals surface area (Å²) in [5.41, 5.74) is 2.49. The summed E-state index contributed by atoms with van der Waals surface area (Å²) >= 11 is 5.37. The van der Waals surface area contributed by atoms with Gasteiger partial charge < -0.3 is 0 Å². The smallest absolute Gasteiger partial charge is 0.0832 e. The Morgan fingerprint density at radius 3 is 2.93 bits per heavy atom. The van der Waals surface area contributed by atoms with E-state index >= 15 is 0 Å². The van der Waals surface area contributed by atoms with Crippen molar-refractivity contribution >= 4 is 27.3 Å². The standard InChI is InChI=1S/C11H13BrN2S/c1-3-4-10-8(5-6-15-10)11-9(12)7-13-14(11)2/h5-7H,3-4H2,1-2H3. The highest BCUT2D eigenvalue weighted by Gasteiger charge is 2.13. The Bertz CT molecular complexity index is 439. The van der Waals surface area contributed by atoms with E-state index in [4.69, 9.17) is 0 Å². The molecule has 0 N–H and O–H groups in total. The number of halogens is 1. The summed E-state index contributed by atoms with van der Waals surface area (Å²) in [6, 6.07) is 2.18. The van der Waals surface area contributed by atoms with Gasteiger partial charge >= 0.3 is 0 Å². The zero-order valence-electron chi connectivity index (χ0n) is 8.83. The van der Waals surface area contributed by atoms with Crippen LogP contribution in [-0.4, -0.2) is 9.78 Å². The van der Waals surface area contributed by atoms with Crippen molar-refractivity contribution in [2.45, 2.75) is 19.8 Å². The molecule has 0 unspecified atom stereocenters. The van der Waals surface area contributed by atoms with Crippen LogP contribution in [0.25, 0.3) is 11.3 Å². The Morgan fingerprint density at radius 1 is 1.53 bits per heavy atom. The van der Waals surface area contributed by atoms with Crippen LogP contribution in [0.5, 0.6) is 0 Å². The molecule has 2 heterocycles. The van der Waals surface area contributed by atoms with Crippen LogP contribution in [0.4, 0.5) is 0 Å². The molecule has 2 rings (SSSR count). The molecule has 0 aliphatic rings. The van der Waals surface area contributed by atoms with E-state index in [0.717, 1.165) is 10.9 Å². The molecule has 80 valence electrons. The van der Waals surface area contributed by atoms with Crippen molar-refractivity contribution in [1.82, 2.24) is 9.78 Å². The van der Waals surface area contributed by atoms with Crippen molar-refractivity contribution in [3.63, 3.8) is 0 Å². The molecule has 0 aliphatic heterocycles. The van der Waals surface area contributed by atoms with E-state index in [1.165, 1.54) is 22.6 Å². The van der Waals surface area contributed by atoms with E-state index in [-0.39, 0.29) is 0 Å². The van der Waals surface area contributed by atoms with Gasteiger partial charge in [0.15, 0.2) is 0 Å². The van der Waals surface area contributed by atoms with Gasteiger partial charge in [0.25, 0.3) is 0 Å². The highest BCUT2D eigenvalue weighted by molar-refractivity contribution is 9.10. The van der Waals surface area contributed by atoms with Crippen LogP contribution in [0.15, 0.2) is 22.1 Å². The van der Waals surface area contributed by atoms with Crippen LogP contribution in [0.2, 0.25) is 0 Å². The lowest BCUT2D eigenvalue weighted by Gasteiger charge is -2.04. The van der Waals surface area contributed by atoms with Crippen molar-refractivity contribution in [3.8, 4) is 11.3 Å². The SMILES string of the molecule is CCCc1sccc1-c1c(Br)cnn1C. The average molecular weight is 285 g/mol. The van der Waals surface area contributed by atoms with Crippen molar-refractivity contribution in [3.05, 3.63) is 27.0 Å². The minimum atomic E-state index is 1.07. The number of nitrogens with zero attached hydrogens (tertiary/aromatic N) is 2. The average Bonchev–Trinajstić information content (AvgIpc) is 2.75. The summed E-state index contributed by atoms with van der Waals surface area (Å²) in [6.07, 6.45) is 4.18. The molecule has 0 aromatic carbocycles. The first kappa shape index (κ1) is 10.9. The van der Waals surface area contributed by atoms with Gasteiger partial charge in [-0.3, -0.25) is 4.68 Å². The Hall–Kier alpha value is -0.610. The summed E-state index contributed by atoms with van der Waals surface area (Å²) in [6.45, 7) is 2.21. The van der Waals surface area contributed by atoms with Gasteiger partial charge in [0, 0.05) is 17.5 Å². The van der Waals surface area contributed by atoms with Crippen molar-refractivity contribution in [2.75, 3.05) is 0 Å². The highest BCUT2D eigenvalue weighted by Crippen LogP contribution is 2.33. The number of rotatable bonds is 3. The lowest BCUT2D eigenvalue weighted by molar-refractivity contribution is 0.774. The Balaban J connectivity index is 2.49. The quantitative estimate of drug-likeness (QED) is 0.837. The highest BCUT2D eigenvalue weighted by atomic mass is 79.9. The molecule has 0 amide bonds. The lowest BCUT2D eigenvalue weighted by Crippen LogP contribution is -1.94. The summed E-state index contributed by atoms with van der Waals surface area (Å²) in [7, 11) is 1.98. The molecule has 4 heteroatoms. The Labute approximate surface area is 102 Å². The second kappa shape index (κ2) is 4.49. The zero-order valence-corrected chi connectivity index (χ0v) is 11.2. The number of hydrogen-bond donors (Lipinski definition) is 0. The molecule has 0 spiro atoms. The second-order valence-corrected chi connectivity index (χ2v) is 5.33. The minimum Gasteiger partial charge on any atom is -0.267 e. The maximum Gasteiger partial charge on any atom is 0.0832 e. The summed E-state index contributed by atoms with van der Waals surface area (Å²) in [4.78, 5) is 1.45. The largest absolute Gasteiger partial charge is 0.267 e. The van der Waals surface area contributed by atoms with Crippen LogP contribution in [0.3, 0.4) is 0 Å². The van der Waals surface area contributed by atoms with Gasteiger partial charge in [-0.05, 0) is 33.8 Å². The van der Waals surface area contributed by atoms with E-state index in [9.17, 15) is 0 Å². The first-order valence-corrected chi connectivity index (χ1v) is 6.65. The predicted molar refractivity (Wildman–Crippen MR) is 68.2 cm³/mol. The van der Waals surface area contributed by atoms with Crippen molar-refractivity contribution in [2.24, 2.45) is 7.05 Å². The fraction of sp³-hybridized carbons (Fsp3) is 0.364. The maximum atomic E-state index is 4.25. The van der Waals surface area contributed by atoms with E-state index in [1.807, 2.05) is 29.3 Å². The van der Waals surface area contributed by atoms with Crippen molar-refractivity contribution < 1.29 is 0 Å². The van der Waals surface area contributed by atoms with Gasteiger partial charge in [-0.2, -0.15) is 5.10 Å². The van der Waals surface area contributed by atoms with Crippen LogP contribution in [0.1, 0.15) is 18.2 Å². The Morgan fingerprint density at radius 2 is 2.33 bits per heavy atom. The molecule has 0 bridgehead atoms. The third kappa shape index (κ3) is 2.01. The van der Waals surface area contributed by atoms with Gasteiger partial charge in [0.2, 0.25) is 0 Å². The topological polar surface area (TPSA) is 17.8 Å². The van der Waals surface area contributed by atoms with Gasteiger partial charge in [-0.15, -0.1) is 11.3 Å². The third-order valence-corrected chi connectivity index (χ3v) is 3.93. The first-order valence-electron chi connectivity index (χ1n) is 4.98. The lowest BCUT2D eigenvalue weighted by atomic mass is 10.1. The molecule has 0 radical (unpaired) electrons. The molecule has 0 atom stereocenters. The fourth-order valence-corrected chi connectivity index (χ4v) is 3.23. The molecule has 0 fully saturated rings. The number of aromatic nitrogens is 2. The predicted octanol–water partition coefficient (Wildman–Crippen LogP) is 3.86. The first-order chi connectivity index (χ1) is 7.24. The van der Waals surface area contributed by atoms with Gasteiger partial charge in [-0.1, -0.05) is 13.3 Å². The summed E-state index contributed by atoms with van der Waals surface area (Å²) in [5, 5.41) is 6.40. The van der Waals surface area contributed by atoms with E-state index in [2.05, 4.69) is 39.4 Å². The van der Waals surface area contributed by atoms with Crippen LogP contribution < -0.4 is 0 Å². The number of hydrogen-bond acceptors (Lipinski definition) is 2. The van der Waals surface area contributed by atoms with Crippen molar-refractivity contribution in [1.29, 1.82) is 0 Å². The molecule has 15 heavy (non-hydrogen) atoms. The molecular formula is C11H13BrN2S. The van der Waals surface area contributed by atoms with Crippen LogP contribution in [-0.2, 0) is 13.5 Å². The molecule has 0 saturated carbocycles. The Kier molecular flexibility index (Phi) is 3.26. The summed E-state index contributed by atoms with van der Waals surface area (Å²) in [5.74, 6) is 0. The monoisotopic (exact) mass is 284 g/mol. The van der Waals surface area contributed by atoms with E-state index in [1.54, 1.807) is 0 Å². The van der Waals surface area contributed by atoms with Gasteiger partial charge in [-0.25, -0.2) is 0 Å². The molecule has 0 saturated heterocycles. The minimum absolute atomic E-state index is 1.07. The molecular weight excluding hydrogens is 272 g/mol. The zero-order chi connectivity index (χ0) is 10.8. The maximum absolute atomic E-state index is 4.25. The number of aryl methyl sites for hydroxylation is 2. The van der Waals surface area contributed by atoms with Gasteiger partial charge in [0.1, 0.15) is 0 Å². The normalized spacial score (nSPS) is 10.9. The molecule has 2 aromatic rings. The van der Waals surface area contributed by atoms with E-state index in [0.29, 0.717) is 0 Å². The van der Waals surface area contributed by atoms with Crippen LogP contribution in [0, 0.1) is 0 Å².